The molecule has 20 aromatic carbocycles. The summed E-state index contributed by atoms with van der Waals surface area (Å²) >= 11 is 0. The van der Waals surface area contributed by atoms with Gasteiger partial charge in [-0.3, -0.25) is 0 Å². The minimum Gasteiger partial charge on any atom is -0.310 e. The fourth-order valence-electron chi connectivity index (χ4n) is 17.7. The molecule has 0 fully saturated rings. The van der Waals surface area contributed by atoms with Crippen LogP contribution in [0.5, 0.6) is 0 Å². The van der Waals surface area contributed by atoms with Crippen LogP contribution in [0.1, 0.15) is 22.3 Å². The fourth-order valence-corrected chi connectivity index (χ4v) is 17.7. The van der Waals surface area contributed by atoms with Gasteiger partial charge in [0.25, 0.3) is 0 Å². The van der Waals surface area contributed by atoms with Gasteiger partial charge in [0.2, 0.25) is 0 Å². The normalized spacial score (nSPS) is 12.5. The van der Waals surface area contributed by atoms with Crippen molar-refractivity contribution in [2.75, 3.05) is 9.80 Å². The van der Waals surface area contributed by atoms with Gasteiger partial charge in [-0.1, -0.05) is 309 Å². The third kappa shape index (κ3) is 9.79. The van der Waals surface area contributed by atoms with Crippen molar-refractivity contribution in [2.45, 2.75) is 5.41 Å². The summed E-state index contributed by atoms with van der Waals surface area (Å²) in [5.74, 6) is 0. The molecule has 1 aliphatic rings. The lowest BCUT2D eigenvalue weighted by molar-refractivity contribution is 0.769. The Morgan fingerprint density at radius 3 is 1.04 bits per heavy atom. The third-order valence-electron chi connectivity index (χ3n) is 22.6. The second-order valence-corrected chi connectivity index (χ2v) is 28.2. The zero-order valence-corrected chi connectivity index (χ0v) is 57.5. The summed E-state index contributed by atoms with van der Waals surface area (Å²) in [5.41, 5.74) is 20.5. The number of rotatable bonds is 11. The zero-order chi connectivity index (χ0) is 69.1. The minimum absolute atomic E-state index is 0.631. The molecule has 0 amide bonds. The van der Waals surface area contributed by atoms with Gasteiger partial charge in [-0.25, -0.2) is 0 Å². The van der Waals surface area contributed by atoms with Crippen LogP contribution in [0, 0.1) is 0 Å². The van der Waals surface area contributed by atoms with E-state index in [2.05, 4.69) is 410 Å². The van der Waals surface area contributed by atoms with Crippen LogP contribution in [0.2, 0.25) is 0 Å². The predicted octanol–water partition coefficient (Wildman–Crippen LogP) is 28.4. The molecule has 0 aliphatic heterocycles. The Hall–Kier alpha value is -13.7. The molecule has 20 aromatic rings. The van der Waals surface area contributed by atoms with E-state index in [9.17, 15) is 0 Å². The number of hydrogen-bond acceptors (Lipinski definition) is 2. The molecule has 0 unspecified atom stereocenters. The van der Waals surface area contributed by atoms with E-state index in [1.54, 1.807) is 0 Å². The molecule has 0 bridgehead atoms. The molecule has 1 aliphatic carbocycles. The van der Waals surface area contributed by atoms with Crippen LogP contribution in [0.15, 0.2) is 400 Å². The molecule has 0 aromatic heterocycles. The molecule has 0 N–H and O–H groups in total. The number of nitrogens with zero attached hydrogens (tertiary/aromatic N) is 2. The van der Waals surface area contributed by atoms with Crippen LogP contribution in [0.3, 0.4) is 0 Å². The van der Waals surface area contributed by atoms with Crippen molar-refractivity contribution in [3.63, 3.8) is 0 Å². The molecule has 0 saturated heterocycles. The molecule has 2 nitrogen and oxygen atoms in total. The second kappa shape index (κ2) is 24.3. The average molecular weight is 1330 g/mol. The van der Waals surface area contributed by atoms with Crippen molar-refractivity contribution in [3.8, 4) is 44.5 Å². The molecule has 0 saturated carbocycles. The smallest absolute Gasteiger partial charge is 0.0713 e. The maximum absolute atomic E-state index is 2.50. The molecule has 488 valence electrons. The predicted molar refractivity (Wildman–Crippen MR) is 447 cm³/mol. The number of hydrogen-bond donors (Lipinski definition) is 0. The van der Waals surface area contributed by atoms with Crippen LogP contribution in [0.4, 0.5) is 34.1 Å². The maximum atomic E-state index is 2.50. The highest BCUT2D eigenvalue weighted by Crippen LogP contribution is 2.58. The van der Waals surface area contributed by atoms with E-state index >= 15 is 0 Å². The summed E-state index contributed by atoms with van der Waals surface area (Å²) in [6.45, 7) is 0. The number of anilines is 6. The summed E-state index contributed by atoms with van der Waals surface area (Å²) in [6, 6.07) is 150. The molecule has 2 heteroatoms. The van der Waals surface area contributed by atoms with E-state index in [0.717, 1.165) is 45.3 Å². The first-order chi connectivity index (χ1) is 52.0. The first-order valence-electron chi connectivity index (χ1n) is 36.4. The second-order valence-electron chi connectivity index (χ2n) is 28.2. The van der Waals surface area contributed by atoms with Crippen molar-refractivity contribution in [1.82, 2.24) is 0 Å². The average Bonchev–Trinajstić information content (AvgIpc) is 1.54. The Morgan fingerprint density at radius 1 is 0.152 bits per heavy atom. The van der Waals surface area contributed by atoms with Crippen LogP contribution in [-0.2, 0) is 5.41 Å². The molecule has 21 rings (SSSR count). The van der Waals surface area contributed by atoms with Gasteiger partial charge in [0.1, 0.15) is 0 Å². The van der Waals surface area contributed by atoms with Gasteiger partial charge in [0, 0.05) is 34.1 Å². The van der Waals surface area contributed by atoms with E-state index in [1.165, 1.54) is 153 Å². The van der Waals surface area contributed by atoms with Gasteiger partial charge >= 0.3 is 0 Å². The fraction of sp³-hybridized carbons (Fsp3) is 0.00971. The van der Waals surface area contributed by atoms with Crippen LogP contribution in [-0.4, -0.2) is 0 Å². The largest absolute Gasteiger partial charge is 0.310 e. The van der Waals surface area contributed by atoms with Gasteiger partial charge in [-0.05, 0) is 255 Å². The van der Waals surface area contributed by atoms with Crippen molar-refractivity contribution in [1.29, 1.82) is 0 Å². The van der Waals surface area contributed by atoms with Gasteiger partial charge in [0.05, 0.1) is 5.41 Å². The Kier molecular flexibility index (Phi) is 13.9. The minimum atomic E-state index is -0.631. The summed E-state index contributed by atoms with van der Waals surface area (Å²) in [7, 11) is 0. The summed E-state index contributed by atoms with van der Waals surface area (Å²) < 4.78 is 0. The first kappa shape index (κ1) is 60.1. The van der Waals surface area contributed by atoms with Crippen LogP contribution >= 0.6 is 0 Å². The number of benzene rings is 20. The van der Waals surface area contributed by atoms with Gasteiger partial charge in [-0.2, -0.15) is 0 Å². The van der Waals surface area contributed by atoms with E-state index in [0.29, 0.717) is 0 Å². The van der Waals surface area contributed by atoms with E-state index in [4.69, 9.17) is 0 Å². The summed E-state index contributed by atoms with van der Waals surface area (Å²) in [5, 5.41) is 22.2. The Morgan fingerprint density at radius 2 is 0.524 bits per heavy atom. The first-order valence-corrected chi connectivity index (χ1v) is 36.4. The quantitative estimate of drug-likeness (QED) is 0.119. The van der Waals surface area contributed by atoms with Gasteiger partial charge < -0.3 is 9.80 Å². The van der Waals surface area contributed by atoms with Gasteiger partial charge in [0.15, 0.2) is 0 Å². The topological polar surface area (TPSA) is 6.48 Å². The molecular weight excluding hydrogens is 1270 g/mol. The lowest BCUT2D eigenvalue weighted by Gasteiger charge is -2.34. The van der Waals surface area contributed by atoms with Crippen molar-refractivity contribution >= 4 is 131 Å². The summed E-state index contributed by atoms with van der Waals surface area (Å²) in [6.07, 6.45) is 0. The van der Waals surface area contributed by atoms with Crippen molar-refractivity contribution in [2.24, 2.45) is 0 Å². The Balaban J connectivity index is 0.699. The molecule has 0 spiro atoms. The third-order valence-corrected chi connectivity index (χ3v) is 22.6. The van der Waals surface area contributed by atoms with E-state index < -0.39 is 5.41 Å². The van der Waals surface area contributed by atoms with Crippen molar-refractivity contribution in [3.05, 3.63) is 423 Å². The van der Waals surface area contributed by atoms with Crippen LogP contribution in [0.25, 0.3) is 141 Å². The lowest BCUT2D eigenvalue weighted by Crippen LogP contribution is -2.28. The highest BCUT2D eigenvalue weighted by Gasteiger charge is 2.46. The molecular formula is C103H66N2. The van der Waals surface area contributed by atoms with Crippen LogP contribution < -0.4 is 9.80 Å². The lowest BCUT2D eigenvalue weighted by atomic mass is 9.67. The molecule has 0 atom stereocenters. The molecule has 105 heavy (non-hydrogen) atoms. The molecule has 0 radical (unpaired) electrons. The molecule has 0 heterocycles. The van der Waals surface area contributed by atoms with Crippen molar-refractivity contribution < 1.29 is 0 Å². The highest BCUT2D eigenvalue weighted by atomic mass is 15.1. The van der Waals surface area contributed by atoms with E-state index in [-0.39, 0.29) is 0 Å². The highest BCUT2D eigenvalue weighted by molar-refractivity contribution is 6.16. The van der Waals surface area contributed by atoms with Gasteiger partial charge in [-0.15, -0.1) is 0 Å². The standard InChI is InChI=1S/C103H66N2/c1-3-23-79(24-4-1)103(80-25-5-2-6-26-80)101-59-45-77(64-100(101)98-54-44-73(66-102(98)103)67-40-46-81(47-41-67)104(83-50-55-92-74(60-83)37-34-69-19-8-12-28-88(69)92)84-51-56-93-75(61-84)38-35-70-20-9-13-29-89(70)93)99-65-78-63-86(53-58-95(78)96-31-15-16-32-97(96)99)105(85-52-57-94-76(62-85)39-36-71-21-10-14-30-90(71)94)82-48-42-72(43-49-82)91-33-17-22-68-18-7-11-27-87(68)91/h1-66H. The zero-order valence-electron chi connectivity index (χ0n) is 57.5. The Labute approximate surface area is 609 Å². The summed E-state index contributed by atoms with van der Waals surface area (Å²) in [4.78, 5) is 4.86. The monoisotopic (exact) mass is 1330 g/mol. The number of fused-ring (bicyclic) bond motifs is 16. The van der Waals surface area contributed by atoms with E-state index in [1.807, 2.05) is 0 Å². The Bertz CT molecular complexity index is 6730. The maximum Gasteiger partial charge on any atom is 0.0713 e. The SMILES string of the molecule is c1ccc(C2(c3ccccc3)c3ccc(-c4cc5cc(N(c6ccc(-c7cccc8ccccc78)cc6)c6ccc7c(ccc8ccccc87)c6)ccc5c5ccccc45)cc3-c3ccc(-c4ccc(N(c5ccc6c(ccc7ccccc76)c5)c5ccc6c(ccc7ccccc76)c5)cc4)cc32)cc1.